The van der Waals surface area contributed by atoms with Crippen LogP contribution in [0.5, 0.6) is 5.75 Å². The lowest BCUT2D eigenvalue weighted by atomic mass is 10.3. The Kier molecular flexibility index (Phi) is 6.46. The number of rotatable bonds is 8. The standard InChI is InChI=1S/C21H21N3O4S/c1-28-19-9-11-20(12-10-19)29(26,27)24(18-7-3-2-4-8-18)16-21(25)23-15-17-6-5-13-22-14-17/h2-14H,15-16H2,1H3,(H,23,25). The van der Waals surface area contributed by atoms with Crippen LogP contribution >= 0.6 is 0 Å². The molecule has 2 aromatic carbocycles. The summed E-state index contributed by atoms with van der Waals surface area (Å²) in [7, 11) is -2.45. The topological polar surface area (TPSA) is 88.6 Å². The quantitative estimate of drug-likeness (QED) is 0.616. The van der Waals surface area contributed by atoms with Crippen molar-refractivity contribution in [2.45, 2.75) is 11.4 Å². The van der Waals surface area contributed by atoms with Crippen molar-refractivity contribution in [2.75, 3.05) is 18.0 Å². The number of carbonyl (C=O) groups is 1. The molecule has 150 valence electrons. The Hall–Kier alpha value is -3.39. The van der Waals surface area contributed by atoms with E-state index in [9.17, 15) is 13.2 Å². The van der Waals surface area contributed by atoms with Crippen LogP contribution in [0.25, 0.3) is 0 Å². The molecule has 0 fully saturated rings. The zero-order chi connectivity index (χ0) is 20.7. The highest BCUT2D eigenvalue weighted by atomic mass is 32.2. The Morgan fingerprint density at radius 2 is 1.76 bits per heavy atom. The summed E-state index contributed by atoms with van der Waals surface area (Å²) in [6.07, 6.45) is 3.28. The van der Waals surface area contributed by atoms with Gasteiger partial charge in [-0.1, -0.05) is 24.3 Å². The number of sulfonamides is 1. The Bertz CT molecular complexity index is 1040. The highest BCUT2D eigenvalue weighted by Gasteiger charge is 2.27. The summed E-state index contributed by atoms with van der Waals surface area (Å²) in [5.41, 5.74) is 1.23. The van der Waals surface area contributed by atoms with Crippen LogP contribution < -0.4 is 14.4 Å². The lowest BCUT2D eigenvalue weighted by Gasteiger charge is -2.24. The van der Waals surface area contributed by atoms with E-state index in [-0.39, 0.29) is 18.0 Å². The van der Waals surface area contributed by atoms with Crippen molar-refractivity contribution >= 4 is 21.6 Å². The average Bonchev–Trinajstić information content (AvgIpc) is 2.77. The number of ether oxygens (including phenoxy) is 1. The van der Waals surface area contributed by atoms with E-state index in [1.165, 1.54) is 19.2 Å². The van der Waals surface area contributed by atoms with Crippen LogP contribution in [0.4, 0.5) is 5.69 Å². The number of para-hydroxylation sites is 1. The molecule has 1 N–H and O–H groups in total. The summed E-state index contributed by atoms with van der Waals surface area (Å²) in [5.74, 6) is 0.124. The third-order valence-electron chi connectivity index (χ3n) is 4.19. The van der Waals surface area contributed by atoms with Gasteiger partial charge in [0.1, 0.15) is 12.3 Å². The minimum absolute atomic E-state index is 0.0715. The predicted molar refractivity (Wildman–Crippen MR) is 110 cm³/mol. The first-order chi connectivity index (χ1) is 14.0. The monoisotopic (exact) mass is 411 g/mol. The molecule has 0 aliphatic rings. The highest BCUT2D eigenvalue weighted by molar-refractivity contribution is 7.92. The van der Waals surface area contributed by atoms with E-state index in [1.807, 2.05) is 6.07 Å². The summed E-state index contributed by atoms with van der Waals surface area (Å²) in [5, 5.41) is 2.74. The molecule has 29 heavy (non-hydrogen) atoms. The summed E-state index contributed by atoms with van der Waals surface area (Å²) < 4.78 is 32.7. The van der Waals surface area contributed by atoms with Crippen LogP contribution in [-0.2, 0) is 21.4 Å². The summed E-state index contributed by atoms with van der Waals surface area (Å²) in [6, 6.07) is 18.2. The molecule has 7 nitrogen and oxygen atoms in total. The van der Waals surface area contributed by atoms with Gasteiger partial charge in [0.15, 0.2) is 0 Å². The molecule has 0 radical (unpaired) electrons. The molecule has 1 amide bonds. The molecule has 3 rings (SSSR count). The van der Waals surface area contributed by atoms with Gasteiger partial charge < -0.3 is 10.1 Å². The third kappa shape index (κ3) is 5.11. The van der Waals surface area contributed by atoms with Crippen LogP contribution in [-0.4, -0.2) is 33.0 Å². The molecule has 0 aliphatic carbocycles. The van der Waals surface area contributed by atoms with Gasteiger partial charge in [-0.2, -0.15) is 0 Å². The third-order valence-corrected chi connectivity index (χ3v) is 5.98. The van der Waals surface area contributed by atoms with Gasteiger partial charge >= 0.3 is 0 Å². The van der Waals surface area contributed by atoms with Gasteiger partial charge in [0, 0.05) is 18.9 Å². The number of aromatic nitrogens is 1. The van der Waals surface area contributed by atoms with Gasteiger partial charge in [0.05, 0.1) is 17.7 Å². The molecular weight excluding hydrogens is 390 g/mol. The summed E-state index contributed by atoms with van der Waals surface area (Å²) >= 11 is 0. The van der Waals surface area contributed by atoms with Crippen molar-refractivity contribution in [3.05, 3.63) is 84.7 Å². The maximum Gasteiger partial charge on any atom is 0.264 e. The molecule has 0 aliphatic heterocycles. The fourth-order valence-electron chi connectivity index (χ4n) is 2.67. The first kappa shape index (κ1) is 20.3. The number of carbonyl (C=O) groups excluding carboxylic acids is 1. The summed E-state index contributed by atoms with van der Waals surface area (Å²) in [6.45, 7) is -0.0868. The number of benzene rings is 2. The Balaban J connectivity index is 1.83. The molecule has 0 bridgehead atoms. The zero-order valence-electron chi connectivity index (χ0n) is 15.9. The smallest absolute Gasteiger partial charge is 0.264 e. The molecule has 8 heteroatoms. The van der Waals surface area contributed by atoms with Crippen molar-refractivity contribution in [1.82, 2.24) is 10.3 Å². The molecule has 0 unspecified atom stereocenters. The number of anilines is 1. The predicted octanol–water partition coefficient (Wildman–Crippen LogP) is 2.60. The highest BCUT2D eigenvalue weighted by Crippen LogP contribution is 2.24. The number of pyridine rings is 1. The van der Waals surface area contributed by atoms with E-state index in [1.54, 1.807) is 60.9 Å². The van der Waals surface area contributed by atoms with E-state index in [0.717, 1.165) is 9.87 Å². The van der Waals surface area contributed by atoms with Gasteiger partial charge in [-0.3, -0.25) is 14.1 Å². The average molecular weight is 411 g/mol. The minimum Gasteiger partial charge on any atom is -0.497 e. The number of methoxy groups -OCH3 is 1. The second-order valence-electron chi connectivity index (χ2n) is 6.16. The first-order valence-electron chi connectivity index (χ1n) is 8.88. The SMILES string of the molecule is COc1ccc(S(=O)(=O)N(CC(=O)NCc2cccnc2)c2ccccc2)cc1. The minimum atomic E-state index is -3.95. The molecule has 1 aromatic heterocycles. The van der Waals surface area contributed by atoms with Crippen molar-refractivity contribution in [2.24, 2.45) is 0 Å². The van der Waals surface area contributed by atoms with Crippen molar-refractivity contribution in [1.29, 1.82) is 0 Å². The molecule has 3 aromatic rings. The molecule has 0 saturated carbocycles. The van der Waals surface area contributed by atoms with Gasteiger partial charge in [0.25, 0.3) is 10.0 Å². The molecule has 0 saturated heterocycles. The normalized spacial score (nSPS) is 10.9. The lowest BCUT2D eigenvalue weighted by molar-refractivity contribution is -0.119. The van der Waals surface area contributed by atoms with E-state index in [4.69, 9.17) is 4.74 Å². The van der Waals surface area contributed by atoms with Crippen LogP contribution in [0.3, 0.4) is 0 Å². The number of hydrogen-bond donors (Lipinski definition) is 1. The fraction of sp³-hybridized carbons (Fsp3) is 0.143. The van der Waals surface area contributed by atoms with Gasteiger partial charge in [-0.05, 0) is 48.0 Å². The van der Waals surface area contributed by atoms with Gasteiger partial charge in [0.2, 0.25) is 5.91 Å². The van der Waals surface area contributed by atoms with Crippen LogP contribution in [0.1, 0.15) is 5.56 Å². The van der Waals surface area contributed by atoms with Crippen LogP contribution in [0, 0.1) is 0 Å². The van der Waals surface area contributed by atoms with E-state index >= 15 is 0 Å². The lowest BCUT2D eigenvalue weighted by Crippen LogP contribution is -2.40. The second-order valence-corrected chi connectivity index (χ2v) is 8.02. The first-order valence-corrected chi connectivity index (χ1v) is 10.3. The molecule has 1 heterocycles. The number of hydrogen-bond acceptors (Lipinski definition) is 5. The van der Waals surface area contributed by atoms with Gasteiger partial charge in [-0.25, -0.2) is 8.42 Å². The molecule has 0 spiro atoms. The zero-order valence-corrected chi connectivity index (χ0v) is 16.7. The van der Waals surface area contributed by atoms with Crippen molar-refractivity contribution < 1.29 is 17.9 Å². The molecular formula is C21H21N3O4S. The number of nitrogens with zero attached hydrogens (tertiary/aromatic N) is 2. The van der Waals surface area contributed by atoms with Crippen molar-refractivity contribution in [3.8, 4) is 5.75 Å². The van der Waals surface area contributed by atoms with Crippen LogP contribution in [0.2, 0.25) is 0 Å². The van der Waals surface area contributed by atoms with Crippen LogP contribution in [0.15, 0.2) is 84.0 Å². The van der Waals surface area contributed by atoms with E-state index in [2.05, 4.69) is 10.3 Å². The van der Waals surface area contributed by atoms with E-state index < -0.39 is 15.9 Å². The maximum atomic E-state index is 13.2. The Morgan fingerprint density at radius 3 is 2.38 bits per heavy atom. The number of amides is 1. The number of nitrogens with one attached hydrogen (secondary N) is 1. The van der Waals surface area contributed by atoms with Crippen molar-refractivity contribution in [3.63, 3.8) is 0 Å². The largest absolute Gasteiger partial charge is 0.497 e. The maximum absolute atomic E-state index is 13.2. The fourth-order valence-corrected chi connectivity index (χ4v) is 4.09. The van der Waals surface area contributed by atoms with E-state index in [0.29, 0.717) is 11.4 Å². The Morgan fingerprint density at radius 1 is 1.03 bits per heavy atom. The second kappa shape index (κ2) is 9.20. The Labute approximate surface area is 170 Å². The van der Waals surface area contributed by atoms with Gasteiger partial charge in [-0.15, -0.1) is 0 Å². The summed E-state index contributed by atoms with van der Waals surface area (Å²) in [4.78, 5) is 16.6. The molecule has 0 atom stereocenters.